The first-order valence-electron chi connectivity index (χ1n) is 4.74. The summed E-state index contributed by atoms with van der Waals surface area (Å²) in [5.74, 6) is 1.11. The molecule has 0 bridgehead atoms. The van der Waals surface area contributed by atoms with Gasteiger partial charge in [-0.15, -0.1) is 5.10 Å². The third-order valence-electron chi connectivity index (χ3n) is 1.98. The van der Waals surface area contributed by atoms with Crippen molar-refractivity contribution in [3.8, 4) is 0 Å². The molecule has 1 atom stereocenters. The average molecular weight is 215 g/mol. The minimum atomic E-state index is -0.279. The van der Waals surface area contributed by atoms with Crippen molar-refractivity contribution in [3.05, 3.63) is 11.9 Å². The van der Waals surface area contributed by atoms with Crippen LogP contribution in [-0.2, 0) is 13.5 Å². The molecular formula is C9H17N3OS. The third-order valence-corrected chi connectivity index (χ3v) is 2.68. The SMILES string of the molecule is CSCCCC(O)Cc1cn(C)nn1. The Bertz CT molecular complexity index is 264. The molecule has 1 aromatic rings. The number of hydrogen-bond donors (Lipinski definition) is 1. The van der Waals surface area contributed by atoms with Gasteiger partial charge in [-0.3, -0.25) is 4.68 Å². The lowest BCUT2D eigenvalue weighted by Gasteiger charge is -2.06. The van der Waals surface area contributed by atoms with Crippen molar-refractivity contribution in [1.82, 2.24) is 15.0 Å². The fourth-order valence-electron chi connectivity index (χ4n) is 1.30. The van der Waals surface area contributed by atoms with Crippen LogP contribution in [-0.4, -0.2) is 38.2 Å². The van der Waals surface area contributed by atoms with E-state index in [0.717, 1.165) is 24.3 Å². The van der Waals surface area contributed by atoms with Gasteiger partial charge < -0.3 is 5.11 Å². The van der Waals surface area contributed by atoms with Gasteiger partial charge in [-0.25, -0.2) is 0 Å². The van der Waals surface area contributed by atoms with Gasteiger partial charge in [0.15, 0.2) is 0 Å². The Hall–Kier alpha value is -0.550. The maximum absolute atomic E-state index is 9.65. The predicted molar refractivity (Wildman–Crippen MR) is 58.3 cm³/mol. The molecular weight excluding hydrogens is 198 g/mol. The summed E-state index contributed by atoms with van der Waals surface area (Å²) in [5, 5.41) is 17.4. The highest BCUT2D eigenvalue weighted by Gasteiger charge is 2.07. The first-order chi connectivity index (χ1) is 6.72. The molecule has 1 rings (SSSR count). The normalized spacial score (nSPS) is 13.1. The monoisotopic (exact) mass is 215 g/mol. The second-order valence-corrected chi connectivity index (χ2v) is 4.36. The van der Waals surface area contributed by atoms with E-state index in [4.69, 9.17) is 0 Å². The van der Waals surface area contributed by atoms with Crippen molar-refractivity contribution in [2.75, 3.05) is 12.0 Å². The van der Waals surface area contributed by atoms with Gasteiger partial charge in [-0.1, -0.05) is 5.21 Å². The smallest absolute Gasteiger partial charge is 0.0852 e. The van der Waals surface area contributed by atoms with Crippen LogP contribution in [0.2, 0.25) is 0 Å². The predicted octanol–water partition coefficient (Wildman–Crippen LogP) is 0.862. The van der Waals surface area contributed by atoms with Crippen LogP contribution in [0, 0.1) is 0 Å². The van der Waals surface area contributed by atoms with Crippen molar-refractivity contribution >= 4 is 11.8 Å². The molecule has 1 N–H and O–H groups in total. The maximum atomic E-state index is 9.65. The molecule has 0 fully saturated rings. The molecule has 0 amide bonds. The van der Waals surface area contributed by atoms with Crippen molar-refractivity contribution in [1.29, 1.82) is 0 Å². The topological polar surface area (TPSA) is 50.9 Å². The number of aromatic nitrogens is 3. The number of nitrogens with zero attached hydrogens (tertiary/aromatic N) is 3. The van der Waals surface area contributed by atoms with Gasteiger partial charge in [-0.05, 0) is 24.9 Å². The maximum Gasteiger partial charge on any atom is 0.0852 e. The molecule has 1 aromatic heterocycles. The standard InChI is InChI=1S/C9H17N3OS/c1-12-7-8(10-11-12)6-9(13)4-3-5-14-2/h7,9,13H,3-6H2,1-2H3. The highest BCUT2D eigenvalue weighted by Crippen LogP contribution is 2.07. The van der Waals surface area contributed by atoms with Gasteiger partial charge >= 0.3 is 0 Å². The minimum absolute atomic E-state index is 0.279. The summed E-state index contributed by atoms with van der Waals surface area (Å²) in [6.45, 7) is 0. The molecule has 1 unspecified atom stereocenters. The van der Waals surface area contributed by atoms with Crippen LogP contribution in [0.15, 0.2) is 6.20 Å². The Kier molecular flexibility index (Phi) is 4.97. The van der Waals surface area contributed by atoms with Gasteiger partial charge in [0.05, 0.1) is 11.8 Å². The Morgan fingerprint density at radius 1 is 1.64 bits per heavy atom. The molecule has 0 spiro atoms. The van der Waals surface area contributed by atoms with E-state index >= 15 is 0 Å². The summed E-state index contributed by atoms with van der Waals surface area (Å²) >= 11 is 1.81. The van der Waals surface area contributed by atoms with Crippen LogP contribution in [0.5, 0.6) is 0 Å². The molecule has 14 heavy (non-hydrogen) atoms. The van der Waals surface area contributed by atoms with Crippen LogP contribution in [0.3, 0.4) is 0 Å². The van der Waals surface area contributed by atoms with Gasteiger partial charge in [-0.2, -0.15) is 11.8 Å². The molecule has 80 valence electrons. The number of aliphatic hydroxyl groups excluding tert-OH is 1. The highest BCUT2D eigenvalue weighted by atomic mass is 32.2. The molecule has 0 radical (unpaired) electrons. The highest BCUT2D eigenvalue weighted by molar-refractivity contribution is 7.98. The van der Waals surface area contributed by atoms with Crippen molar-refractivity contribution in [3.63, 3.8) is 0 Å². The average Bonchev–Trinajstić information content (AvgIpc) is 2.52. The quantitative estimate of drug-likeness (QED) is 0.715. The van der Waals surface area contributed by atoms with Crippen LogP contribution < -0.4 is 0 Å². The summed E-state index contributed by atoms with van der Waals surface area (Å²) in [4.78, 5) is 0. The molecule has 0 aromatic carbocycles. The number of aliphatic hydroxyl groups is 1. The fraction of sp³-hybridized carbons (Fsp3) is 0.778. The molecule has 0 aliphatic rings. The summed E-state index contributed by atoms with van der Waals surface area (Å²) in [5.41, 5.74) is 0.865. The van der Waals surface area contributed by atoms with Crippen LogP contribution >= 0.6 is 11.8 Å². The van der Waals surface area contributed by atoms with Gasteiger partial charge in [0.25, 0.3) is 0 Å². The van der Waals surface area contributed by atoms with Gasteiger partial charge in [0.1, 0.15) is 0 Å². The summed E-state index contributed by atoms with van der Waals surface area (Å²) in [6, 6.07) is 0. The summed E-state index contributed by atoms with van der Waals surface area (Å²) in [6.07, 6.45) is 6.16. The van der Waals surface area contributed by atoms with Gasteiger partial charge in [0.2, 0.25) is 0 Å². The first-order valence-corrected chi connectivity index (χ1v) is 6.14. The largest absolute Gasteiger partial charge is 0.393 e. The lowest BCUT2D eigenvalue weighted by atomic mass is 10.1. The first kappa shape index (κ1) is 11.5. The zero-order chi connectivity index (χ0) is 10.4. The Labute approximate surface area is 88.7 Å². The zero-order valence-electron chi connectivity index (χ0n) is 8.68. The molecule has 0 saturated heterocycles. The van der Waals surface area contributed by atoms with Gasteiger partial charge in [0, 0.05) is 19.7 Å². The van der Waals surface area contributed by atoms with E-state index < -0.39 is 0 Å². The van der Waals surface area contributed by atoms with Crippen LogP contribution in [0.1, 0.15) is 18.5 Å². The number of rotatable bonds is 6. The molecule has 0 saturated carbocycles. The van der Waals surface area contributed by atoms with E-state index in [9.17, 15) is 5.11 Å². The van der Waals surface area contributed by atoms with Crippen LogP contribution in [0.25, 0.3) is 0 Å². The van der Waals surface area contributed by atoms with E-state index in [0.29, 0.717) is 6.42 Å². The van der Waals surface area contributed by atoms with Crippen molar-refractivity contribution < 1.29 is 5.11 Å². The molecule has 0 aliphatic carbocycles. The Morgan fingerprint density at radius 2 is 2.43 bits per heavy atom. The lowest BCUT2D eigenvalue weighted by Crippen LogP contribution is -2.10. The molecule has 0 aliphatic heterocycles. The lowest BCUT2D eigenvalue weighted by molar-refractivity contribution is 0.163. The number of hydrogen-bond acceptors (Lipinski definition) is 4. The molecule has 5 heteroatoms. The Balaban J connectivity index is 2.23. The van der Waals surface area contributed by atoms with E-state index in [-0.39, 0.29) is 6.10 Å². The van der Waals surface area contributed by atoms with Crippen molar-refractivity contribution in [2.45, 2.75) is 25.4 Å². The van der Waals surface area contributed by atoms with E-state index in [1.807, 2.05) is 25.0 Å². The second-order valence-electron chi connectivity index (χ2n) is 3.38. The summed E-state index contributed by atoms with van der Waals surface area (Å²) in [7, 11) is 1.83. The van der Waals surface area contributed by atoms with Crippen LogP contribution in [0.4, 0.5) is 0 Å². The van der Waals surface area contributed by atoms with E-state index in [1.165, 1.54) is 0 Å². The third kappa shape index (κ3) is 4.11. The minimum Gasteiger partial charge on any atom is -0.393 e. The van der Waals surface area contributed by atoms with E-state index in [1.54, 1.807) is 4.68 Å². The fourth-order valence-corrected chi connectivity index (χ4v) is 1.75. The van der Waals surface area contributed by atoms with E-state index in [2.05, 4.69) is 16.6 Å². The number of thioether (sulfide) groups is 1. The Morgan fingerprint density at radius 3 is 3.00 bits per heavy atom. The summed E-state index contributed by atoms with van der Waals surface area (Å²) < 4.78 is 1.66. The van der Waals surface area contributed by atoms with Crippen molar-refractivity contribution in [2.24, 2.45) is 7.05 Å². The zero-order valence-corrected chi connectivity index (χ0v) is 9.50. The molecule has 4 nitrogen and oxygen atoms in total. The molecule has 1 heterocycles. The second kappa shape index (κ2) is 6.03. The number of aryl methyl sites for hydroxylation is 1.